The zero-order valence-corrected chi connectivity index (χ0v) is 19.3. The van der Waals surface area contributed by atoms with E-state index in [1.165, 1.54) is 11.1 Å². The maximum Gasteiger partial charge on any atom is 0.407 e. The summed E-state index contributed by atoms with van der Waals surface area (Å²) in [6.07, 6.45) is 0.609. The Morgan fingerprint density at radius 1 is 0.970 bits per heavy atom. The summed E-state index contributed by atoms with van der Waals surface area (Å²) in [6, 6.07) is 15.1. The number of fused-ring (bicyclic) bond motifs is 3. The van der Waals surface area contributed by atoms with Gasteiger partial charge in [0.1, 0.15) is 12.6 Å². The molecule has 0 fully saturated rings. The number of alkyl carbamates (subject to hydrolysis) is 1. The van der Waals surface area contributed by atoms with Gasteiger partial charge in [0, 0.05) is 18.4 Å². The predicted octanol–water partition coefficient (Wildman–Crippen LogP) is 4.31. The van der Waals surface area contributed by atoms with Crippen LogP contribution in [0.25, 0.3) is 11.1 Å². The van der Waals surface area contributed by atoms with Crippen molar-refractivity contribution in [2.45, 2.75) is 58.0 Å². The van der Waals surface area contributed by atoms with Gasteiger partial charge in [0.05, 0.1) is 0 Å². The number of hydrogen-bond acceptors (Lipinski definition) is 4. The number of amides is 2. The fraction of sp³-hybridized carbons (Fsp3) is 0.423. The molecule has 0 heterocycles. The summed E-state index contributed by atoms with van der Waals surface area (Å²) in [6.45, 7) is 5.69. The Balaban J connectivity index is 1.48. The zero-order valence-electron chi connectivity index (χ0n) is 19.3. The second-order valence-electron chi connectivity index (χ2n) is 8.68. The van der Waals surface area contributed by atoms with Gasteiger partial charge < -0.3 is 20.5 Å². The van der Waals surface area contributed by atoms with Crippen molar-refractivity contribution >= 4 is 18.0 Å². The third-order valence-corrected chi connectivity index (χ3v) is 6.31. The Bertz CT molecular complexity index is 960. The Hall–Kier alpha value is -3.35. The van der Waals surface area contributed by atoms with Gasteiger partial charge in [0.25, 0.3) is 0 Å². The fourth-order valence-corrected chi connectivity index (χ4v) is 4.19. The highest BCUT2D eigenvalue weighted by Gasteiger charge is 2.29. The van der Waals surface area contributed by atoms with E-state index >= 15 is 0 Å². The first kappa shape index (κ1) is 24.3. The first-order valence-corrected chi connectivity index (χ1v) is 11.5. The molecule has 0 saturated carbocycles. The number of carboxylic acid groups (broad SMARTS) is 1. The van der Waals surface area contributed by atoms with Crippen molar-refractivity contribution in [1.82, 2.24) is 10.6 Å². The molecule has 3 N–H and O–H groups in total. The highest BCUT2D eigenvalue weighted by molar-refractivity contribution is 5.83. The van der Waals surface area contributed by atoms with E-state index in [-0.39, 0.29) is 36.8 Å². The molecule has 0 aliphatic heterocycles. The largest absolute Gasteiger partial charge is 0.480 e. The van der Waals surface area contributed by atoms with Crippen LogP contribution >= 0.6 is 0 Å². The number of nitrogens with one attached hydrogen (secondary N) is 2. The van der Waals surface area contributed by atoms with Crippen LogP contribution in [-0.4, -0.2) is 41.8 Å². The lowest BCUT2D eigenvalue weighted by Gasteiger charge is -2.21. The molecular formula is C26H32N2O5. The molecule has 7 heteroatoms. The van der Waals surface area contributed by atoms with Crippen LogP contribution in [0.2, 0.25) is 0 Å². The Kier molecular flexibility index (Phi) is 8.09. The number of rotatable bonds is 10. The van der Waals surface area contributed by atoms with Crippen LogP contribution in [0, 0.1) is 5.92 Å². The maximum atomic E-state index is 12.4. The lowest BCUT2D eigenvalue weighted by Crippen LogP contribution is -2.45. The molecule has 1 unspecified atom stereocenters. The van der Waals surface area contributed by atoms with Crippen LogP contribution in [0.4, 0.5) is 4.79 Å². The molecule has 0 saturated heterocycles. The number of hydrogen-bond donors (Lipinski definition) is 3. The minimum atomic E-state index is -1.04. The maximum absolute atomic E-state index is 12.4. The summed E-state index contributed by atoms with van der Waals surface area (Å²) in [5.41, 5.74) is 4.62. The summed E-state index contributed by atoms with van der Waals surface area (Å²) >= 11 is 0. The van der Waals surface area contributed by atoms with Crippen molar-refractivity contribution in [2.75, 3.05) is 6.61 Å². The van der Waals surface area contributed by atoms with Crippen molar-refractivity contribution < 1.29 is 24.2 Å². The zero-order chi connectivity index (χ0) is 24.0. The molecule has 2 aromatic rings. The molecule has 176 valence electrons. The SMILES string of the molecule is CC[C@H](C)[C@H](NC(=O)CCC(C)NC(=O)OCC1c2ccccc2-c2ccccc21)C(=O)O. The molecule has 1 aliphatic carbocycles. The first-order valence-electron chi connectivity index (χ1n) is 11.5. The van der Waals surface area contributed by atoms with Crippen LogP contribution in [0.15, 0.2) is 48.5 Å². The van der Waals surface area contributed by atoms with Crippen molar-refractivity contribution in [3.8, 4) is 11.1 Å². The topological polar surface area (TPSA) is 105 Å². The van der Waals surface area contributed by atoms with Gasteiger partial charge in [-0.3, -0.25) is 4.79 Å². The molecule has 0 aromatic heterocycles. The normalized spacial score (nSPS) is 15.0. The average molecular weight is 453 g/mol. The molecule has 3 rings (SSSR count). The lowest BCUT2D eigenvalue weighted by molar-refractivity contribution is -0.143. The van der Waals surface area contributed by atoms with Gasteiger partial charge in [-0.2, -0.15) is 0 Å². The predicted molar refractivity (Wildman–Crippen MR) is 126 cm³/mol. The number of ether oxygens (including phenoxy) is 1. The molecule has 1 aliphatic rings. The van der Waals surface area contributed by atoms with Gasteiger partial charge in [-0.1, -0.05) is 68.8 Å². The summed E-state index contributed by atoms with van der Waals surface area (Å²) in [7, 11) is 0. The third kappa shape index (κ3) is 5.92. The molecule has 0 radical (unpaired) electrons. The average Bonchev–Trinajstić information content (AvgIpc) is 3.13. The van der Waals surface area contributed by atoms with Crippen molar-refractivity contribution in [3.63, 3.8) is 0 Å². The standard InChI is InChI=1S/C26H32N2O5/c1-4-16(2)24(25(30)31)28-23(29)14-13-17(3)27-26(32)33-15-22-20-11-7-5-9-18(20)19-10-6-8-12-21(19)22/h5-12,16-17,22,24H,4,13-15H2,1-3H3,(H,27,32)(H,28,29)(H,30,31)/t16-,17?,24-/m0/s1. The molecular weight excluding hydrogens is 420 g/mol. The van der Waals surface area contributed by atoms with E-state index < -0.39 is 18.1 Å². The summed E-state index contributed by atoms with van der Waals surface area (Å²) < 4.78 is 5.53. The van der Waals surface area contributed by atoms with E-state index in [9.17, 15) is 19.5 Å². The second kappa shape index (κ2) is 11.0. The quantitative estimate of drug-likeness (QED) is 0.498. The second-order valence-corrected chi connectivity index (χ2v) is 8.68. The van der Waals surface area contributed by atoms with E-state index in [0.29, 0.717) is 12.8 Å². The molecule has 2 aromatic carbocycles. The fourth-order valence-electron chi connectivity index (χ4n) is 4.19. The molecule has 2 amide bonds. The van der Waals surface area contributed by atoms with Gasteiger partial charge in [-0.05, 0) is 41.5 Å². The molecule has 0 spiro atoms. The van der Waals surface area contributed by atoms with Crippen LogP contribution < -0.4 is 10.6 Å². The van der Waals surface area contributed by atoms with E-state index in [1.54, 1.807) is 13.8 Å². The highest BCUT2D eigenvalue weighted by Crippen LogP contribution is 2.44. The van der Waals surface area contributed by atoms with Crippen LogP contribution in [0.1, 0.15) is 57.1 Å². The van der Waals surface area contributed by atoms with Crippen molar-refractivity contribution in [3.05, 3.63) is 59.7 Å². The lowest BCUT2D eigenvalue weighted by atomic mass is 9.98. The van der Waals surface area contributed by atoms with Crippen molar-refractivity contribution in [2.24, 2.45) is 5.92 Å². The van der Waals surface area contributed by atoms with Gasteiger partial charge in [0.2, 0.25) is 5.91 Å². The summed E-state index contributed by atoms with van der Waals surface area (Å²) in [5.74, 6) is -1.56. The first-order chi connectivity index (χ1) is 15.8. The van der Waals surface area contributed by atoms with Gasteiger partial charge >= 0.3 is 12.1 Å². The van der Waals surface area contributed by atoms with E-state index in [2.05, 4.69) is 34.9 Å². The summed E-state index contributed by atoms with van der Waals surface area (Å²) in [4.78, 5) is 35.9. The molecule has 0 bridgehead atoms. The van der Waals surface area contributed by atoms with E-state index in [1.807, 2.05) is 31.2 Å². The summed E-state index contributed by atoms with van der Waals surface area (Å²) in [5, 5.41) is 14.6. The number of carbonyl (C=O) groups is 3. The Morgan fingerprint density at radius 3 is 2.09 bits per heavy atom. The van der Waals surface area contributed by atoms with E-state index in [4.69, 9.17) is 4.74 Å². The molecule has 3 atom stereocenters. The monoisotopic (exact) mass is 452 g/mol. The minimum absolute atomic E-state index is 0.0160. The number of carboxylic acids is 1. The van der Waals surface area contributed by atoms with Crippen LogP contribution in [0.5, 0.6) is 0 Å². The smallest absolute Gasteiger partial charge is 0.407 e. The number of carbonyl (C=O) groups excluding carboxylic acids is 2. The molecule has 7 nitrogen and oxygen atoms in total. The van der Waals surface area contributed by atoms with E-state index in [0.717, 1.165) is 11.1 Å². The van der Waals surface area contributed by atoms with Crippen LogP contribution in [-0.2, 0) is 14.3 Å². The highest BCUT2D eigenvalue weighted by atomic mass is 16.5. The minimum Gasteiger partial charge on any atom is -0.480 e. The van der Waals surface area contributed by atoms with Crippen molar-refractivity contribution in [1.29, 1.82) is 0 Å². The van der Waals surface area contributed by atoms with Crippen LogP contribution in [0.3, 0.4) is 0 Å². The Labute approximate surface area is 194 Å². The number of aliphatic carboxylic acids is 1. The third-order valence-electron chi connectivity index (χ3n) is 6.31. The number of benzene rings is 2. The Morgan fingerprint density at radius 2 is 1.55 bits per heavy atom. The van der Waals surface area contributed by atoms with Gasteiger partial charge in [-0.15, -0.1) is 0 Å². The van der Waals surface area contributed by atoms with Gasteiger partial charge in [0.15, 0.2) is 0 Å². The van der Waals surface area contributed by atoms with Gasteiger partial charge in [-0.25, -0.2) is 9.59 Å². The molecule has 33 heavy (non-hydrogen) atoms.